The van der Waals surface area contributed by atoms with Crippen molar-refractivity contribution < 1.29 is 5.11 Å². The molecule has 0 heterocycles. The van der Waals surface area contributed by atoms with Crippen LogP contribution in [0.2, 0.25) is 0 Å². The number of hydrogen-bond donors (Lipinski definition) is 1. The van der Waals surface area contributed by atoms with E-state index in [4.69, 9.17) is 0 Å². The van der Waals surface area contributed by atoms with Crippen LogP contribution in [0.5, 0.6) is 0 Å². The average Bonchev–Trinajstić information content (AvgIpc) is 2.15. The zero-order valence-corrected chi connectivity index (χ0v) is 11.2. The van der Waals surface area contributed by atoms with E-state index in [1.54, 1.807) is 0 Å². The Kier molecular flexibility index (Phi) is 4.79. The minimum Gasteiger partial charge on any atom is -0.390 e. The molecule has 0 spiro atoms. The Bertz CT molecular complexity index is 256. The van der Waals surface area contributed by atoms with Gasteiger partial charge in [0.25, 0.3) is 0 Å². The molecule has 0 radical (unpaired) electrons. The molecule has 92 valence electrons. The molecule has 0 bridgehead atoms. The molecule has 1 N–H and O–H groups in total. The molecule has 1 aliphatic carbocycles. The first kappa shape index (κ1) is 13.5. The number of allylic oxidation sites excluding steroid dienone is 4. The van der Waals surface area contributed by atoms with Gasteiger partial charge in [-0.2, -0.15) is 0 Å². The standard InChI is InChI=1S/C15H26O/c1-12-6-5-7-13(2)9-11-14(10-8-12)15(3,4)16/h8-9,14,16H,5-7,10-11H2,1-4H3/b12-8-,13-9-. The third kappa shape index (κ3) is 4.52. The lowest BCUT2D eigenvalue weighted by Gasteiger charge is -2.28. The van der Waals surface area contributed by atoms with Gasteiger partial charge in [0.15, 0.2) is 0 Å². The lowest BCUT2D eigenvalue weighted by Crippen LogP contribution is -2.30. The molecule has 1 rings (SSSR count). The lowest BCUT2D eigenvalue weighted by atomic mass is 9.83. The maximum atomic E-state index is 10.1. The Labute approximate surface area is 100 Å². The number of aliphatic hydroxyl groups is 1. The van der Waals surface area contributed by atoms with E-state index in [2.05, 4.69) is 26.0 Å². The molecule has 0 aromatic rings. The second kappa shape index (κ2) is 5.67. The topological polar surface area (TPSA) is 20.2 Å². The highest BCUT2D eigenvalue weighted by molar-refractivity contribution is 5.06. The molecule has 0 atom stereocenters. The van der Waals surface area contributed by atoms with E-state index >= 15 is 0 Å². The van der Waals surface area contributed by atoms with Gasteiger partial charge in [-0.25, -0.2) is 0 Å². The van der Waals surface area contributed by atoms with Crippen LogP contribution < -0.4 is 0 Å². The van der Waals surface area contributed by atoms with E-state index < -0.39 is 5.60 Å². The van der Waals surface area contributed by atoms with Crippen molar-refractivity contribution in [3.63, 3.8) is 0 Å². The summed E-state index contributed by atoms with van der Waals surface area (Å²) in [5, 5.41) is 10.1. The van der Waals surface area contributed by atoms with Crippen molar-refractivity contribution in [2.24, 2.45) is 5.92 Å². The van der Waals surface area contributed by atoms with E-state index in [0.717, 1.165) is 12.8 Å². The normalized spacial score (nSPS) is 27.8. The maximum absolute atomic E-state index is 10.1. The summed E-state index contributed by atoms with van der Waals surface area (Å²) < 4.78 is 0. The summed E-state index contributed by atoms with van der Waals surface area (Å²) in [6.07, 6.45) is 10.3. The first-order chi connectivity index (χ1) is 7.39. The zero-order valence-electron chi connectivity index (χ0n) is 11.2. The van der Waals surface area contributed by atoms with Gasteiger partial charge in [-0.3, -0.25) is 0 Å². The first-order valence-electron chi connectivity index (χ1n) is 6.43. The third-order valence-corrected chi connectivity index (χ3v) is 3.64. The highest BCUT2D eigenvalue weighted by atomic mass is 16.3. The van der Waals surface area contributed by atoms with Gasteiger partial charge in [0.05, 0.1) is 5.60 Å². The molecule has 1 heteroatoms. The SMILES string of the molecule is C/C1=C/CC(C(C)(C)O)C/C=C(/C)CCC1. The summed E-state index contributed by atoms with van der Waals surface area (Å²) in [4.78, 5) is 0. The van der Waals surface area contributed by atoms with Crippen LogP contribution in [0.25, 0.3) is 0 Å². The predicted octanol–water partition coefficient (Wildman–Crippen LogP) is 4.23. The molecular formula is C15H26O. The number of hydrogen-bond acceptors (Lipinski definition) is 1. The molecule has 0 aromatic carbocycles. The highest BCUT2D eigenvalue weighted by Crippen LogP contribution is 2.28. The van der Waals surface area contributed by atoms with Crippen molar-refractivity contribution in [3.8, 4) is 0 Å². The Morgan fingerprint density at radius 2 is 1.50 bits per heavy atom. The Balaban J connectivity index is 2.77. The summed E-state index contributed by atoms with van der Waals surface area (Å²) >= 11 is 0. The van der Waals surface area contributed by atoms with Crippen molar-refractivity contribution in [1.82, 2.24) is 0 Å². The molecule has 0 aromatic heterocycles. The molecule has 0 saturated heterocycles. The van der Waals surface area contributed by atoms with E-state index in [1.807, 2.05) is 13.8 Å². The van der Waals surface area contributed by atoms with Crippen LogP contribution in [-0.4, -0.2) is 10.7 Å². The summed E-state index contributed by atoms with van der Waals surface area (Å²) in [7, 11) is 0. The van der Waals surface area contributed by atoms with Crippen molar-refractivity contribution in [2.75, 3.05) is 0 Å². The molecule has 1 nitrogen and oxygen atoms in total. The van der Waals surface area contributed by atoms with Crippen LogP contribution in [0.4, 0.5) is 0 Å². The fourth-order valence-electron chi connectivity index (χ4n) is 2.21. The molecule has 1 aliphatic rings. The smallest absolute Gasteiger partial charge is 0.0625 e. The molecule has 16 heavy (non-hydrogen) atoms. The summed E-state index contributed by atoms with van der Waals surface area (Å²) in [5.74, 6) is 0.343. The quantitative estimate of drug-likeness (QED) is 0.658. The van der Waals surface area contributed by atoms with Gasteiger partial charge in [0.1, 0.15) is 0 Å². The van der Waals surface area contributed by atoms with Crippen molar-refractivity contribution in [1.29, 1.82) is 0 Å². The number of rotatable bonds is 1. The fraction of sp³-hybridized carbons (Fsp3) is 0.733. The Morgan fingerprint density at radius 3 is 1.88 bits per heavy atom. The largest absolute Gasteiger partial charge is 0.390 e. The van der Waals surface area contributed by atoms with E-state index in [0.29, 0.717) is 5.92 Å². The van der Waals surface area contributed by atoms with Gasteiger partial charge >= 0.3 is 0 Å². The van der Waals surface area contributed by atoms with Crippen molar-refractivity contribution in [2.45, 2.75) is 65.4 Å². The van der Waals surface area contributed by atoms with Gasteiger partial charge in [-0.15, -0.1) is 0 Å². The molecule has 0 fully saturated rings. The highest BCUT2D eigenvalue weighted by Gasteiger charge is 2.24. The van der Waals surface area contributed by atoms with Crippen LogP contribution in [0, 0.1) is 5.92 Å². The second-order valence-electron chi connectivity index (χ2n) is 5.78. The van der Waals surface area contributed by atoms with Crippen molar-refractivity contribution >= 4 is 0 Å². The molecule has 0 aliphatic heterocycles. The van der Waals surface area contributed by atoms with E-state index in [-0.39, 0.29) is 0 Å². The fourth-order valence-corrected chi connectivity index (χ4v) is 2.21. The monoisotopic (exact) mass is 222 g/mol. The van der Waals surface area contributed by atoms with Gasteiger partial charge in [-0.05, 0) is 65.7 Å². The average molecular weight is 222 g/mol. The van der Waals surface area contributed by atoms with Crippen LogP contribution in [-0.2, 0) is 0 Å². The van der Waals surface area contributed by atoms with Gasteiger partial charge in [0, 0.05) is 0 Å². The zero-order chi connectivity index (χ0) is 12.2. The van der Waals surface area contributed by atoms with Crippen LogP contribution in [0.15, 0.2) is 23.3 Å². The second-order valence-corrected chi connectivity index (χ2v) is 5.78. The van der Waals surface area contributed by atoms with Gasteiger partial charge in [-0.1, -0.05) is 23.3 Å². The molecular weight excluding hydrogens is 196 g/mol. The van der Waals surface area contributed by atoms with Crippen LogP contribution >= 0.6 is 0 Å². The Hall–Kier alpha value is -0.560. The third-order valence-electron chi connectivity index (χ3n) is 3.64. The summed E-state index contributed by atoms with van der Waals surface area (Å²) in [6.45, 7) is 8.27. The Morgan fingerprint density at radius 1 is 1.06 bits per heavy atom. The molecule has 0 amide bonds. The first-order valence-corrected chi connectivity index (χ1v) is 6.43. The van der Waals surface area contributed by atoms with Gasteiger partial charge in [0.2, 0.25) is 0 Å². The van der Waals surface area contributed by atoms with E-state index in [9.17, 15) is 5.11 Å². The van der Waals surface area contributed by atoms with Gasteiger partial charge < -0.3 is 5.11 Å². The predicted molar refractivity (Wildman–Crippen MR) is 70.4 cm³/mol. The van der Waals surface area contributed by atoms with E-state index in [1.165, 1.54) is 30.4 Å². The minimum atomic E-state index is -0.577. The molecule has 0 saturated carbocycles. The minimum absolute atomic E-state index is 0.343. The molecule has 0 unspecified atom stereocenters. The lowest BCUT2D eigenvalue weighted by molar-refractivity contribution is 0.0192. The van der Waals surface area contributed by atoms with Crippen molar-refractivity contribution in [3.05, 3.63) is 23.3 Å². The van der Waals surface area contributed by atoms with Crippen LogP contribution in [0.3, 0.4) is 0 Å². The summed E-state index contributed by atoms with van der Waals surface area (Å²) in [6, 6.07) is 0. The summed E-state index contributed by atoms with van der Waals surface area (Å²) in [5.41, 5.74) is 2.38. The van der Waals surface area contributed by atoms with Crippen LogP contribution in [0.1, 0.15) is 59.8 Å². The maximum Gasteiger partial charge on any atom is 0.0625 e.